The summed E-state index contributed by atoms with van der Waals surface area (Å²) in [5.74, 6) is -0.918. The second kappa shape index (κ2) is 6.56. The van der Waals surface area contributed by atoms with E-state index in [2.05, 4.69) is 0 Å². The first-order valence-corrected chi connectivity index (χ1v) is 7.77. The maximum Gasteiger partial charge on any atom is 0.326 e. The molecule has 0 aliphatic heterocycles. The lowest BCUT2D eigenvalue weighted by atomic mass is 10.4. The number of aromatic nitrogens is 1. The van der Waals surface area contributed by atoms with Gasteiger partial charge in [0.1, 0.15) is 13.2 Å². The Labute approximate surface area is 117 Å². The summed E-state index contributed by atoms with van der Waals surface area (Å²) in [4.78, 5) is 22.9. The molecular formula is C12H18N2O5S. The summed E-state index contributed by atoms with van der Waals surface area (Å²) < 4.78 is 28.9. The summed E-state index contributed by atoms with van der Waals surface area (Å²) in [6.45, 7) is 2.59. The molecule has 112 valence electrons. The average molecular weight is 302 g/mol. The Hall–Kier alpha value is -1.83. The minimum atomic E-state index is -3.25. The molecule has 0 amide bonds. The summed E-state index contributed by atoms with van der Waals surface area (Å²) >= 11 is 0. The standard InChI is InChI=1S/C12H18N2O5S/c1-9(2)20(17,18)6-5-19-12(16)8-14-7-10(13)3-4-11(14)15/h3-4,7,9H,5-6,8,13H2,1-2H3. The van der Waals surface area contributed by atoms with Crippen molar-refractivity contribution in [1.29, 1.82) is 0 Å². The fourth-order valence-electron chi connectivity index (χ4n) is 1.37. The van der Waals surface area contributed by atoms with Crippen LogP contribution in [0.15, 0.2) is 23.1 Å². The van der Waals surface area contributed by atoms with E-state index in [1.807, 2.05) is 0 Å². The van der Waals surface area contributed by atoms with Crippen LogP contribution in [0.4, 0.5) is 5.69 Å². The minimum absolute atomic E-state index is 0.226. The molecule has 7 nitrogen and oxygen atoms in total. The number of hydrogen-bond acceptors (Lipinski definition) is 6. The van der Waals surface area contributed by atoms with Gasteiger partial charge in [-0.25, -0.2) is 8.42 Å². The van der Waals surface area contributed by atoms with Crippen molar-refractivity contribution in [2.45, 2.75) is 25.6 Å². The van der Waals surface area contributed by atoms with Crippen LogP contribution in [0.1, 0.15) is 13.8 Å². The summed E-state index contributed by atoms with van der Waals surface area (Å²) in [6, 6.07) is 2.67. The zero-order valence-corrected chi connectivity index (χ0v) is 12.2. The number of nitrogens with zero attached hydrogens (tertiary/aromatic N) is 1. The van der Waals surface area contributed by atoms with Crippen molar-refractivity contribution >= 4 is 21.5 Å². The maximum atomic E-state index is 11.5. The predicted octanol–water partition coefficient (Wildman–Crippen LogP) is -0.203. The molecule has 1 heterocycles. The molecule has 2 N–H and O–H groups in total. The first-order chi connectivity index (χ1) is 9.22. The van der Waals surface area contributed by atoms with E-state index in [9.17, 15) is 18.0 Å². The van der Waals surface area contributed by atoms with Gasteiger partial charge in [0.05, 0.1) is 11.0 Å². The third-order valence-electron chi connectivity index (χ3n) is 2.65. The minimum Gasteiger partial charge on any atom is -0.463 e. The molecule has 1 rings (SSSR count). The first kappa shape index (κ1) is 16.2. The molecule has 1 aromatic heterocycles. The number of hydrogen-bond donors (Lipinski definition) is 1. The van der Waals surface area contributed by atoms with E-state index in [0.717, 1.165) is 4.57 Å². The Morgan fingerprint density at radius 1 is 1.40 bits per heavy atom. The molecule has 1 aromatic rings. The van der Waals surface area contributed by atoms with Crippen molar-refractivity contribution in [3.63, 3.8) is 0 Å². The topological polar surface area (TPSA) is 108 Å². The Morgan fingerprint density at radius 2 is 2.05 bits per heavy atom. The molecule has 0 aromatic carbocycles. The van der Waals surface area contributed by atoms with Crippen LogP contribution in [-0.4, -0.2) is 36.6 Å². The van der Waals surface area contributed by atoms with Gasteiger partial charge in [-0.3, -0.25) is 9.59 Å². The number of carbonyl (C=O) groups is 1. The lowest BCUT2D eigenvalue weighted by Gasteiger charge is -2.09. The zero-order chi connectivity index (χ0) is 15.3. The van der Waals surface area contributed by atoms with Crippen molar-refractivity contribution in [2.24, 2.45) is 0 Å². The van der Waals surface area contributed by atoms with Gasteiger partial charge in [-0.05, 0) is 19.9 Å². The van der Waals surface area contributed by atoms with Gasteiger partial charge in [-0.2, -0.15) is 0 Å². The molecular weight excluding hydrogens is 284 g/mol. The molecule has 0 bridgehead atoms. The fraction of sp³-hybridized carbons (Fsp3) is 0.500. The molecule has 0 unspecified atom stereocenters. The van der Waals surface area contributed by atoms with Gasteiger partial charge < -0.3 is 15.0 Å². The van der Waals surface area contributed by atoms with Gasteiger partial charge in [0, 0.05) is 18.0 Å². The van der Waals surface area contributed by atoms with E-state index in [1.165, 1.54) is 18.3 Å². The molecule has 0 atom stereocenters. The first-order valence-electron chi connectivity index (χ1n) is 6.05. The highest BCUT2D eigenvalue weighted by Crippen LogP contribution is 2.01. The van der Waals surface area contributed by atoms with E-state index in [-0.39, 0.29) is 24.5 Å². The van der Waals surface area contributed by atoms with Crippen LogP contribution in [0.5, 0.6) is 0 Å². The number of pyridine rings is 1. The molecule has 0 spiro atoms. The predicted molar refractivity (Wildman–Crippen MR) is 75.0 cm³/mol. The van der Waals surface area contributed by atoms with E-state index in [4.69, 9.17) is 10.5 Å². The summed E-state index contributed by atoms with van der Waals surface area (Å²) in [7, 11) is -3.25. The van der Waals surface area contributed by atoms with Crippen molar-refractivity contribution in [1.82, 2.24) is 4.57 Å². The normalized spacial score (nSPS) is 11.6. The highest BCUT2D eigenvalue weighted by Gasteiger charge is 2.16. The largest absolute Gasteiger partial charge is 0.463 e. The molecule has 20 heavy (non-hydrogen) atoms. The van der Waals surface area contributed by atoms with Crippen LogP contribution in [0.3, 0.4) is 0 Å². The van der Waals surface area contributed by atoms with Crippen molar-refractivity contribution in [3.8, 4) is 0 Å². The molecule has 8 heteroatoms. The van der Waals surface area contributed by atoms with Gasteiger partial charge in [0.15, 0.2) is 9.84 Å². The summed E-state index contributed by atoms with van der Waals surface area (Å²) in [6.07, 6.45) is 1.33. The number of nitrogens with two attached hydrogens (primary N) is 1. The third kappa shape index (κ3) is 4.69. The quantitative estimate of drug-likeness (QED) is 0.729. The van der Waals surface area contributed by atoms with Crippen LogP contribution in [0.25, 0.3) is 0 Å². The van der Waals surface area contributed by atoms with Gasteiger partial charge in [0.25, 0.3) is 5.56 Å². The van der Waals surface area contributed by atoms with E-state index < -0.39 is 21.1 Å². The van der Waals surface area contributed by atoms with Crippen LogP contribution >= 0.6 is 0 Å². The number of anilines is 1. The summed E-state index contributed by atoms with van der Waals surface area (Å²) in [5.41, 5.74) is 5.47. The van der Waals surface area contributed by atoms with Crippen molar-refractivity contribution < 1.29 is 17.9 Å². The highest BCUT2D eigenvalue weighted by atomic mass is 32.2. The van der Waals surface area contributed by atoms with Crippen LogP contribution in [0.2, 0.25) is 0 Å². The third-order valence-corrected chi connectivity index (χ3v) is 4.83. The number of rotatable bonds is 6. The monoisotopic (exact) mass is 302 g/mol. The molecule has 0 saturated carbocycles. The number of esters is 1. The number of carbonyl (C=O) groups excluding carboxylic acids is 1. The van der Waals surface area contributed by atoms with Crippen LogP contribution in [-0.2, 0) is 25.9 Å². The van der Waals surface area contributed by atoms with Gasteiger partial charge in [0.2, 0.25) is 0 Å². The van der Waals surface area contributed by atoms with Crippen LogP contribution < -0.4 is 11.3 Å². The second-order valence-electron chi connectivity index (χ2n) is 4.56. The van der Waals surface area contributed by atoms with E-state index >= 15 is 0 Å². The van der Waals surface area contributed by atoms with Crippen LogP contribution in [0, 0.1) is 0 Å². The number of nitrogen functional groups attached to an aromatic ring is 1. The fourth-order valence-corrected chi connectivity index (χ4v) is 2.15. The maximum absolute atomic E-state index is 11.5. The van der Waals surface area contributed by atoms with Crippen molar-refractivity contribution in [3.05, 3.63) is 28.7 Å². The molecule has 0 aliphatic rings. The Balaban J connectivity index is 2.53. The second-order valence-corrected chi connectivity index (χ2v) is 7.24. The summed E-state index contributed by atoms with van der Waals surface area (Å²) in [5, 5.41) is -0.516. The van der Waals surface area contributed by atoms with Gasteiger partial charge in [-0.1, -0.05) is 0 Å². The molecule has 0 fully saturated rings. The van der Waals surface area contributed by atoms with E-state index in [1.54, 1.807) is 13.8 Å². The van der Waals surface area contributed by atoms with Gasteiger partial charge in [-0.15, -0.1) is 0 Å². The Kier molecular flexibility index (Phi) is 5.32. The van der Waals surface area contributed by atoms with E-state index in [0.29, 0.717) is 5.69 Å². The number of sulfone groups is 1. The Bertz CT molecular complexity index is 633. The van der Waals surface area contributed by atoms with Gasteiger partial charge >= 0.3 is 5.97 Å². The number of ether oxygens (including phenoxy) is 1. The van der Waals surface area contributed by atoms with Crippen molar-refractivity contribution in [2.75, 3.05) is 18.1 Å². The average Bonchev–Trinajstić information content (AvgIpc) is 2.33. The Morgan fingerprint density at radius 3 is 2.65 bits per heavy atom. The SMILES string of the molecule is CC(C)S(=O)(=O)CCOC(=O)Cn1cc(N)ccc1=O. The molecule has 0 aliphatic carbocycles. The lowest BCUT2D eigenvalue weighted by Crippen LogP contribution is -2.27. The highest BCUT2D eigenvalue weighted by molar-refractivity contribution is 7.91. The smallest absolute Gasteiger partial charge is 0.326 e. The zero-order valence-electron chi connectivity index (χ0n) is 11.4. The molecule has 0 radical (unpaired) electrons. The molecule has 0 saturated heterocycles. The lowest BCUT2D eigenvalue weighted by molar-refractivity contribution is -0.143.